The third kappa shape index (κ3) is 3.78. The minimum Gasteiger partial charge on any atom is -0.356 e. The Morgan fingerprint density at radius 1 is 1.33 bits per heavy atom. The predicted octanol–water partition coefficient (Wildman–Crippen LogP) is 2.49. The molecular weight excluding hydrogens is 362 g/mol. The SMILES string of the molecule is C#CCCC1(CCNC(=O)CCc2nc3sc4c(c3c(=O)[nH]2)CCC4)N=N1. The number of carbonyl (C=O) groups excluding carboxylic acids is 1. The Kier molecular flexibility index (Phi) is 4.79. The van der Waals surface area contributed by atoms with E-state index in [1.165, 1.54) is 10.4 Å². The Labute approximate surface area is 160 Å². The van der Waals surface area contributed by atoms with E-state index in [4.69, 9.17) is 6.42 Å². The van der Waals surface area contributed by atoms with E-state index in [2.05, 4.69) is 31.4 Å². The molecule has 1 aliphatic carbocycles. The van der Waals surface area contributed by atoms with Crippen LogP contribution in [0.5, 0.6) is 0 Å². The van der Waals surface area contributed by atoms with Crippen molar-refractivity contribution >= 4 is 27.5 Å². The summed E-state index contributed by atoms with van der Waals surface area (Å²) in [5.41, 5.74) is 0.710. The maximum Gasteiger partial charge on any atom is 0.259 e. The molecule has 2 aromatic heterocycles. The van der Waals surface area contributed by atoms with Crippen LogP contribution in [0.1, 0.15) is 48.4 Å². The van der Waals surface area contributed by atoms with Crippen molar-refractivity contribution in [2.45, 2.75) is 57.0 Å². The molecule has 0 fully saturated rings. The van der Waals surface area contributed by atoms with E-state index in [0.717, 1.165) is 35.9 Å². The van der Waals surface area contributed by atoms with E-state index in [0.29, 0.717) is 31.6 Å². The van der Waals surface area contributed by atoms with Gasteiger partial charge < -0.3 is 10.3 Å². The third-order valence-corrected chi connectivity index (χ3v) is 6.30. The number of thiophene rings is 1. The Morgan fingerprint density at radius 3 is 2.96 bits per heavy atom. The van der Waals surface area contributed by atoms with Gasteiger partial charge in [0.2, 0.25) is 5.91 Å². The van der Waals surface area contributed by atoms with Crippen molar-refractivity contribution in [1.29, 1.82) is 0 Å². The molecule has 2 aromatic rings. The molecule has 4 rings (SSSR count). The maximum absolute atomic E-state index is 12.4. The summed E-state index contributed by atoms with van der Waals surface area (Å²) in [6.45, 7) is 0.511. The molecule has 1 amide bonds. The van der Waals surface area contributed by atoms with Crippen molar-refractivity contribution in [3.05, 3.63) is 26.6 Å². The molecule has 0 aromatic carbocycles. The Balaban J connectivity index is 1.29. The lowest BCUT2D eigenvalue weighted by Crippen LogP contribution is -2.28. The van der Waals surface area contributed by atoms with Gasteiger partial charge in [0, 0.05) is 43.5 Å². The topological polar surface area (TPSA) is 99.6 Å². The lowest BCUT2D eigenvalue weighted by atomic mass is 10.0. The molecule has 0 saturated heterocycles. The van der Waals surface area contributed by atoms with Crippen LogP contribution >= 0.6 is 11.3 Å². The van der Waals surface area contributed by atoms with Crippen LogP contribution in [0.4, 0.5) is 0 Å². The van der Waals surface area contributed by atoms with Crippen LogP contribution < -0.4 is 10.9 Å². The number of terminal acetylenes is 1. The first-order chi connectivity index (χ1) is 13.1. The van der Waals surface area contributed by atoms with E-state index in [1.807, 2.05) is 0 Å². The fourth-order valence-corrected chi connectivity index (χ4v) is 4.84. The number of aromatic nitrogens is 2. The smallest absolute Gasteiger partial charge is 0.259 e. The number of hydrogen-bond acceptors (Lipinski definition) is 6. The molecular formula is C19H21N5O2S. The van der Waals surface area contributed by atoms with E-state index < -0.39 is 0 Å². The minimum atomic E-state index is -0.378. The van der Waals surface area contributed by atoms with Gasteiger partial charge in [-0.3, -0.25) is 9.59 Å². The molecule has 0 bridgehead atoms. The number of amides is 1. The summed E-state index contributed by atoms with van der Waals surface area (Å²) < 4.78 is 0. The molecule has 0 saturated carbocycles. The van der Waals surface area contributed by atoms with Gasteiger partial charge in [-0.2, -0.15) is 10.2 Å². The third-order valence-electron chi connectivity index (χ3n) is 5.11. The summed E-state index contributed by atoms with van der Waals surface area (Å²) in [5, 5.41) is 11.7. The van der Waals surface area contributed by atoms with Crippen molar-refractivity contribution in [3.63, 3.8) is 0 Å². The number of aromatic amines is 1. The molecule has 2 N–H and O–H groups in total. The number of fused-ring (bicyclic) bond motifs is 3. The fraction of sp³-hybridized carbons (Fsp3) is 0.526. The van der Waals surface area contributed by atoms with Crippen molar-refractivity contribution in [2.75, 3.05) is 6.54 Å². The van der Waals surface area contributed by atoms with Crippen LogP contribution in [0.15, 0.2) is 15.0 Å². The first-order valence-electron chi connectivity index (χ1n) is 9.28. The van der Waals surface area contributed by atoms with Crippen LogP contribution in [0, 0.1) is 12.3 Å². The van der Waals surface area contributed by atoms with Gasteiger partial charge in [-0.1, -0.05) is 0 Å². The van der Waals surface area contributed by atoms with Crippen molar-refractivity contribution < 1.29 is 4.79 Å². The molecule has 140 valence electrons. The van der Waals surface area contributed by atoms with E-state index in [1.54, 1.807) is 11.3 Å². The fourth-order valence-electron chi connectivity index (χ4n) is 3.56. The standard InChI is InChI=1S/C19H21N5O2S/c1-2-3-9-19(23-24-19)10-11-20-15(25)8-7-14-21-17(26)16-12-5-4-6-13(12)27-18(16)22-14/h1H,3-11H2,(H,20,25)(H,21,22,26). The average Bonchev–Trinajstić information content (AvgIpc) is 3.10. The van der Waals surface area contributed by atoms with Crippen LogP contribution in [-0.4, -0.2) is 28.1 Å². The highest BCUT2D eigenvalue weighted by Crippen LogP contribution is 2.36. The van der Waals surface area contributed by atoms with Crippen LogP contribution in [0.3, 0.4) is 0 Å². The molecule has 2 aliphatic rings. The number of carbonyl (C=O) groups is 1. The minimum absolute atomic E-state index is 0.0702. The Hall–Kier alpha value is -2.53. The number of hydrogen-bond donors (Lipinski definition) is 2. The van der Waals surface area contributed by atoms with E-state index in [-0.39, 0.29) is 23.6 Å². The van der Waals surface area contributed by atoms with Crippen LogP contribution in [-0.2, 0) is 24.1 Å². The number of H-pyrrole nitrogens is 1. The molecule has 1 aliphatic heterocycles. The normalized spacial score (nSPS) is 16.3. The van der Waals surface area contributed by atoms with Gasteiger partial charge in [0.05, 0.1) is 5.39 Å². The summed E-state index contributed by atoms with van der Waals surface area (Å²) in [6, 6.07) is 0. The molecule has 0 radical (unpaired) electrons. The quantitative estimate of drug-likeness (QED) is 0.685. The zero-order valence-electron chi connectivity index (χ0n) is 15.0. The lowest BCUT2D eigenvalue weighted by molar-refractivity contribution is -0.121. The molecule has 27 heavy (non-hydrogen) atoms. The zero-order chi connectivity index (χ0) is 18.9. The van der Waals surface area contributed by atoms with Gasteiger partial charge in [0.15, 0.2) is 5.66 Å². The van der Waals surface area contributed by atoms with Gasteiger partial charge in [-0.15, -0.1) is 23.7 Å². The Morgan fingerprint density at radius 2 is 2.19 bits per heavy atom. The zero-order valence-corrected chi connectivity index (χ0v) is 15.8. The van der Waals surface area contributed by atoms with E-state index >= 15 is 0 Å². The molecule has 0 spiro atoms. The van der Waals surface area contributed by atoms with Gasteiger partial charge in [0.1, 0.15) is 10.7 Å². The highest BCUT2D eigenvalue weighted by Gasteiger charge is 2.38. The van der Waals surface area contributed by atoms with Crippen molar-refractivity contribution in [3.8, 4) is 12.3 Å². The van der Waals surface area contributed by atoms with Crippen LogP contribution in [0.25, 0.3) is 10.2 Å². The summed E-state index contributed by atoms with van der Waals surface area (Å²) in [6.07, 6.45) is 11.1. The molecule has 0 atom stereocenters. The first-order valence-corrected chi connectivity index (χ1v) is 10.1. The van der Waals surface area contributed by atoms with Gasteiger partial charge >= 0.3 is 0 Å². The second-order valence-electron chi connectivity index (χ2n) is 7.04. The number of nitrogens with one attached hydrogen (secondary N) is 2. The summed E-state index contributed by atoms with van der Waals surface area (Å²) >= 11 is 1.61. The second-order valence-corrected chi connectivity index (χ2v) is 8.12. The highest BCUT2D eigenvalue weighted by atomic mass is 32.1. The van der Waals surface area contributed by atoms with Gasteiger partial charge in [0.25, 0.3) is 5.56 Å². The lowest BCUT2D eigenvalue weighted by Gasteiger charge is -2.09. The van der Waals surface area contributed by atoms with Crippen molar-refractivity contribution in [2.24, 2.45) is 10.2 Å². The Bertz CT molecular complexity index is 1010. The average molecular weight is 383 g/mol. The molecule has 7 nitrogen and oxygen atoms in total. The molecule has 8 heteroatoms. The van der Waals surface area contributed by atoms with Gasteiger partial charge in [-0.05, 0) is 24.8 Å². The summed E-state index contributed by atoms with van der Waals surface area (Å²) in [5.74, 6) is 3.09. The maximum atomic E-state index is 12.4. The number of rotatable bonds is 8. The second kappa shape index (κ2) is 7.24. The largest absolute Gasteiger partial charge is 0.356 e. The summed E-state index contributed by atoms with van der Waals surface area (Å²) in [4.78, 5) is 34.0. The molecule has 3 heterocycles. The van der Waals surface area contributed by atoms with Crippen LogP contribution in [0.2, 0.25) is 0 Å². The first kappa shape index (κ1) is 17.9. The highest BCUT2D eigenvalue weighted by molar-refractivity contribution is 7.18. The van der Waals surface area contributed by atoms with Crippen molar-refractivity contribution in [1.82, 2.24) is 15.3 Å². The monoisotopic (exact) mass is 383 g/mol. The number of aryl methyl sites for hydroxylation is 3. The number of nitrogens with zero attached hydrogens (tertiary/aromatic N) is 3. The van der Waals surface area contributed by atoms with Gasteiger partial charge in [-0.25, -0.2) is 4.98 Å². The predicted molar refractivity (Wildman–Crippen MR) is 104 cm³/mol. The molecule has 0 unspecified atom stereocenters. The van der Waals surface area contributed by atoms with E-state index in [9.17, 15) is 9.59 Å². The summed E-state index contributed by atoms with van der Waals surface area (Å²) in [7, 11) is 0.